The van der Waals surface area contributed by atoms with Crippen molar-refractivity contribution >= 4 is 5.97 Å². The molecule has 0 N–H and O–H groups in total. The van der Waals surface area contributed by atoms with Gasteiger partial charge in [-0.05, 0) is 25.7 Å². The van der Waals surface area contributed by atoms with Gasteiger partial charge in [-0.25, -0.2) is 4.79 Å². The molecule has 1 aliphatic rings. The first kappa shape index (κ1) is 10.8. The molecule has 2 heteroatoms. The highest BCUT2D eigenvalue weighted by Crippen LogP contribution is 2.16. The van der Waals surface area contributed by atoms with Crippen molar-refractivity contribution in [2.24, 2.45) is 0 Å². The van der Waals surface area contributed by atoms with E-state index in [4.69, 9.17) is 4.74 Å². The summed E-state index contributed by atoms with van der Waals surface area (Å²) in [5.74, 6) is -0.327. The van der Waals surface area contributed by atoms with Gasteiger partial charge in [-0.3, -0.25) is 0 Å². The smallest absolute Gasteiger partial charge is 0.330 e. The van der Waals surface area contributed by atoms with Crippen LogP contribution in [0.15, 0.2) is 36.5 Å². The number of ether oxygens (including phenoxy) is 1. The normalized spacial score (nSPS) is 13.9. The van der Waals surface area contributed by atoms with Crippen molar-refractivity contribution < 1.29 is 9.53 Å². The van der Waals surface area contributed by atoms with E-state index in [1.807, 2.05) is 0 Å². The Hall–Kier alpha value is -1.31. The van der Waals surface area contributed by atoms with Gasteiger partial charge in [0.25, 0.3) is 0 Å². The van der Waals surface area contributed by atoms with E-state index in [1.165, 1.54) is 11.6 Å². The monoisotopic (exact) mass is 192 g/mol. The fraction of sp³-hybridized carbons (Fsp3) is 0.417. The Kier molecular flexibility index (Phi) is 4.76. The van der Waals surface area contributed by atoms with Gasteiger partial charge < -0.3 is 4.74 Å². The summed E-state index contributed by atoms with van der Waals surface area (Å²) in [5, 5.41) is 0. The summed E-state index contributed by atoms with van der Waals surface area (Å²) in [6.07, 6.45) is 11.8. The number of hydrogen-bond acceptors (Lipinski definition) is 2. The molecule has 0 unspecified atom stereocenters. The SMILES string of the molecule is C=CC(=O)OCCCCC1=CC=CC1. The van der Waals surface area contributed by atoms with Crippen molar-refractivity contribution in [2.75, 3.05) is 6.61 Å². The second-order valence-electron chi connectivity index (χ2n) is 3.29. The Morgan fingerprint density at radius 1 is 1.57 bits per heavy atom. The molecule has 0 saturated heterocycles. The molecule has 76 valence electrons. The Labute approximate surface area is 85.0 Å². The number of rotatable bonds is 6. The number of esters is 1. The van der Waals surface area contributed by atoms with Crippen LogP contribution in [0.2, 0.25) is 0 Å². The van der Waals surface area contributed by atoms with Crippen molar-refractivity contribution in [2.45, 2.75) is 25.7 Å². The van der Waals surface area contributed by atoms with E-state index in [1.54, 1.807) is 0 Å². The van der Waals surface area contributed by atoms with E-state index in [-0.39, 0.29) is 5.97 Å². The molecule has 0 radical (unpaired) electrons. The van der Waals surface area contributed by atoms with Crippen molar-refractivity contribution in [3.63, 3.8) is 0 Å². The summed E-state index contributed by atoms with van der Waals surface area (Å²) in [4.78, 5) is 10.7. The molecular weight excluding hydrogens is 176 g/mol. The van der Waals surface area contributed by atoms with Crippen LogP contribution in [0.3, 0.4) is 0 Å². The molecule has 0 aromatic carbocycles. The predicted octanol–water partition coefficient (Wildman–Crippen LogP) is 2.77. The molecule has 0 bridgehead atoms. The molecule has 0 atom stereocenters. The largest absolute Gasteiger partial charge is 0.463 e. The van der Waals surface area contributed by atoms with Crippen LogP contribution in [0.5, 0.6) is 0 Å². The summed E-state index contributed by atoms with van der Waals surface area (Å²) in [7, 11) is 0. The molecule has 0 aromatic rings. The standard InChI is InChI=1S/C12H16O2/c1-2-12(13)14-10-6-5-9-11-7-3-4-8-11/h2-4,7H,1,5-6,8-10H2. The van der Waals surface area contributed by atoms with Crippen LogP contribution in [0.25, 0.3) is 0 Å². The van der Waals surface area contributed by atoms with Gasteiger partial charge in [-0.1, -0.05) is 30.4 Å². The highest BCUT2D eigenvalue weighted by atomic mass is 16.5. The molecule has 0 saturated carbocycles. The van der Waals surface area contributed by atoms with E-state index < -0.39 is 0 Å². The highest BCUT2D eigenvalue weighted by Gasteiger charge is 1.99. The van der Waals surface area contributed by atoms with E-state index in [0.717, 1.165) is 25.7 Å². The van der Waals surface area contributed by atoms with Crippen LogP contribution in [-0.4, -0.2) is 12.6 Å². The predicted molar refractivity (Wildman–Crippen MR) is 56.8 cm³/mol. The van der Waals surface area contributed by atoms with Crippen LogP contribution < -0.4 is 0 Å². The second kappa shape index (κ2) is 6.19. The third kappa shape index (κ3) is 4.08. The van der Waals surface area contributed by atoms with Gasteiger partial charge >= 0.3 is 5.97 Å². The van der Waals surface area contributed by atoms with Gasteiger partial charge in [0.05, 0.1) is 6.61 Å². The van der Waals surface area contributed by atoms with Gasteiger partial charge in [-0.2, -0.15) is 0 Å². The zero-order chi connectivity index (χ0) is 10.2. The fourth-order valence-corrected chi connectivity index (χ4v) is 1.36. The number of carbonyl (C=O) groups excluding carboxylic acids is 1. The minimum atomic E-state index is -0.327. The van der Waals surface area contributed by atoms with Gasteiger partial charge in [0.2, 0.25) is 0 Å². The molecule has 0 aromatic heterocycles. The van der Waals surface area contributed by atoms with Crippen LogP contribution in [0, 0.1) is 0 Å². The third-order valence-electron chi connectivity index (χ3n) is 2.15. The Bertz CT molecular complexity index is 261. The van der Waals surface area contributed by atoms with Gasteiger partial charge in [0.1, 0.15) is 0 Å². The lowest BCUT2D eigenvalue weighted by Gasteiger charge is -2.02. The molecule has 14 heavy (non-hydrogen) atoms. The fourth-order valence-electron chi connectivity index (χ4n) is 1.36. The van der Waals surface area contributed by atoms with Gasteiger partial charge in [-0.15, -0.1) is 0 Å². The Balaban J connectivity index is 1.94. The van der Waals surface area contributed by atoms with E-state index in [2.05, 4.69) is 24.8 Å². The Morgan fingerprint density at radius 3 is 3.07 bits per heavy atom. The summed E-state index contributed by atoms with van der Waals surface area (Å²) in [5.41, 5.74) is 1.47. The maximum Gasteiger partial charge on any atom is 0.330 e. The summed E-state index contributed by atoms with van der Waals surface area (Å²) in [6, 6.07) is 0. The van der Waals surface area contributed by atoms with E-state index in [0.29, 0.717) is 6.61 Å². The van der Waals surface area contributed by atoms with E-state index >= 15 is 0 Å². The van der Waals surface area contributed by atoms with Gasteiger partial charge in [0.15, 0.2) is 0 Å². The minimum Gasteiger partial charge on any atom is -0.463 e. The number of unbranched alkanes of at least 4 members (excludes halogenated alkanes) is 1. The highest BCUT2D eigenvalue weighted by molar-refractivity contribution is 5.81. The molecule has 0 fully saturated rings. The lowest BCUT2D eigenvalue weighted by atomic mass is 10.1. The van der Waals surface area contributed by atoms with Gasteiger partial charge in [0, 0.05) is 6.08 Å². The maximum atomic E-state index is 10.7. The van der Waals surface area contributed by atoms with Crippen LogP contribution in [0.1, 0.15) is 25.7 Å². The molecule has 0 aliphatic heterocycles. The number of carbonyl (C=O) groups is 1. The second-order valence-corrected chi connectivity index (χ2v) is 3.29. The zero-order valence-electron chi connectivity index (χ0n) is 8.37. The molecule has 0 heterocycles. The summed E-state index contributed by atoms with van der Waals surface area (Å²) >= 11 is 0. The van der Waals surface area contributed by atoms with E-state index in [9.17, 15) is 4.79 Å². The first-order valence-corrected chi connectivity index (χ1v) is 4.96. The summed E-state index contributed by atoms with van der Waals surface area (Å²) < 4.78 is 4.86. The molecule has 0 amide bonds. The molecular formula is C12H16O2. The van der Waals surface area contributed by atoms with Crippen LogP contribution in [-0.2, 0) is 9.53 Å². The minimum absolute atomic E-state index is 0.327. The van der Waals surface area contributed by atoms with Crippen molar-refractivity contribution in [3.05, 3.63) is 36.5 Å². The number of hydrogen-bond donors (Lipinski definition) is 0. The zero-order valence-corrected chi connectivity index (χ0v) is 8.37. The first-order chi connectivity index (χ1) is 6.83. The lowest BCUT2D eigenvalue weighted by molar-refractivity contribution is -0.137. The first-order valence-electron chi connectivity index (χ1n) is 4.96. The van der Waals surface area contributed by atoms with Crippen LogP contribution in [0.4, 0.5) is 0 Å². The maximum absolute atomic E-state index is 10.7. The molecule has 2 nitrogen and oxygen atoms in total. The number of allylic oxidation sites excluding steroid dienone is 4. The van der Waals surface area contributed by atoms with Crippen molar-refractivity contribution in [1.29, 1.82) is 0 Å². The quantitative estimate of drug-likeness (QED) is 0.367. The molecule has 1 rings (SSSR count). The topological polar surface area (TPSA) is 26.3 Å². The summed E-state index contributed by atoms with van der Waals surface area (Å²) in [6.45, 7) is 3.84. The molecule has 1 aliphatic carbocycles. The Morgan fingerprint density at radius 2 is 2.43 bits per heavy atom. The molecule has 0 spiro atoms. The van der Waals surface area contributed by atoms with Crippen molar-refractivity contribution in [1.82, 2.24) is 0 Å². The lowest BCUT2D eigenvalue weighted by Crippen LogP contribution is -2.01. The average Bonchev–Trinajstić information content (AvgIpc) is 2.69. The van der Waals surface area contributed by atoms with Crippen LogP contribution >= 0.6 is 0 Å². The van der Waals surface area contributed by atoms with Crippen molar-refractivity contribution in [3.8, 4) is 0 Å². The third-order valence-corrected chi connectivity index (χ3v) is 2.15. The average molecular weight is 192 g/mol.